The Morgan fingerprint density at radius 3 is 2.40 bits per heavy atom. The van der Waals surface area contributed by atoms with Crippen molar-refractivity contribution >= 4 is 22.4 Å². The van der Waals surface area contributed by atoms with E-state index in [2.05, 4.69) is 15.3 Å². The molecule has 1 heterocycles. The Bertz CT molecular complexity index is 1220. The average Bonchev–Trinajstić information content (AvgIpc) is 2.78. The van der Waals surface area contributed by atoms with E-state index in [9.17, 15) is 13.9 Å². The summed E-state index contributed by atoms with van der Waals surface area (Å²) in [4.78, 5) is 8.80. The third-order valence-electron chi connectivity index (χ3n) is 5.36. The second kappa shape index (κ2) is 10.1. The Morgan fingerprint density at radius 1 is 1.06 bits per heavy atom. The molecule has 0 amide bonds. The van der Waals surface area contributed by atoms with Gasteiger partial charge < -0.3 is 30.4 Å². The van der Waals surface area contributed by atoms with E-state index in [4.69, 9.17) is 19.9 Å². The smallest absolute Gasteiger partial charge is 0.303 e. The van der Waals surface area contributed by atoms with Crippen molar-refractivity contribution in [3.8, 4) is 11.5 Å². The minimum absolute atomic E-state index is 0.0654. The number of rotatable bonds is 10. The summed E-state index contributed by atoms with van der Waals surface area (Å²) < 4.78 is 60.7. The number of hydrogen-bond acceptors (Lipinski definition) is 8. The zero-order valence-corrected chi connectivity index (χ0v) is 20.2. The molecule has 1 aromatic heterocycles. The lowest BCUT2D eigenvalue weighted by molar-refractivity contribution is -0.170. The van der Waals surface area contributed by atoms with Gasteiger partial charge in [-0.2, -0.15) is 8.78 Å². The van der Waals surface area contributed by atoms with Crippen molar-refractivity contribution < 1.29 is 32.5 Å². The Kier molecular flexibility index (Phi) is 7.61. The van der Waals surface area contributed by atoms with E-state index in [0.29, 0.717) is 40.7 Å². The predicted molar refractivity (Wildman–Crippen MR) is 127 cm³/mol. The first-order valence-corrected chi connectivity index (χ1v) is 10.8. The molecule has 0 radical (unpaired) electrons. The van der Waals surface area contributed by atoms with E-state index < -0.39 is 22.9 Å². The number of halogens is 3. The molecule has 0 saturated heterocycles. The number of hydrogen-bond donors (Lipinski definition) is 3. The maximum atomic E-state index is 15.1. The number of nitrogens with two attached hydrogens (primary N) is 1. The molecule has 8 nitrogen and oxygen atoms in total. The monoisotopic (exact) mass is 494 g/mol. The highest BCUT2D eigenvalue weighted by atomic mass is 19.3. The second-order valence-electron chi connectivity index (χ2n) is 8.51. The Balaban J connectivity index is 2.00. The molecule has 190 valence electrons. The summed E-state index contributed by atoms with van der Waals surface area (Å²) in [6, 6.07) is 5.44. The molecule has 0 saturated carbocycles. The van der Waals surface area contributed by atoms with E-state index >= 15 is 4.39 Å². The fourth-order valence-corrected chi connectivity index (χ4v) is 3.47. The zero-order valence-electron chi connectivity index (χ0n) is 20.2. The topological polar surface area (TPSA) is 112 Å². The van der Waals surface area contributed by atoms with Crippen LogP contribution in [0.2, 0.25) is 0 Å². The number of nitrogens with one attached hydrogen (secondary N) is 1. The molecular weight excluding hydrogens is 465 g/mol. The minimum Gasteiger partial charge on any atom is -0.493 e. The van der Waals surface area contributed by atoms with Crippen LogP contribution in [-0.2, 0) is 17.2 Å². The summed E-state index contributed by atoms with van der Waals surface area (Å²) in [7, 11) is 3.05. The van der Waals surface area contributed by atoms with E-state index in [1.54, 1.807) is 26.2 Å². The van der Waals surface area contributed by atoms with Crippen molar-refractivity contribution in [2.24, 2.45) is 0 Å². The lowest BCUT2D eigenvalue weighted by atomic mass is 9.91. The third kappa shape index (κ3) is 5.51. The van der Waals surface area contributed by atoms with E-state index in [-0.39, 0.29) is 24.4 Å². The number of fused-ring (bicyclic) bond motifs is 1. The zero-order chi connectivity index (χ0) is 26.0. The molecule has 0 bridgehead atoms. The molecule has 3 rings (SSSR count). The Labute approximate surface area is 201 Å². The van der Waals surface area contributed by atoms with Crippen LogP contribution in [0.5, 0.6) is 11.5 Å². The van der Waals surface area contributed by atoms with Gasteiger partial charge in [-0.3, -0.25) is 0 Å². The number of nitrogen functional groups attached to an aromatic ring is 1. The number of nitrogens with zero attached hydrogens (tertiary/aromatic N) is 2. The number of aryl methyl sites for hydroxylation is 1. The van der Waals surface area contributed by atoms with Crippen molar-refractivity contribution in [3.63, 3.8) is 0 Å². The van der Waals surface area contributed by atoms with Gasteiger partial charge in [0.25, 0.3) is 0 Å². The molecule has 11 heteroatoms. The fraction of sp³-hybridized carbons (Fsp3) is 0.417. The maximum Gasteiger partial charge on any atom is 0.303 e. The van der Waals surface area contributed by atoms with Crippen molar-refractivity contribution in [1.82, 2.24) is 9.97 Å². The maximum absolute atomic E-state index is 15.1. The molecule has 0 unspecified atom stereocenters. The van der Waals surface area contributed by atoms with Gasteiger partial charge in [0.05, 0.1) is 24.8 Å². The minimum atomic E-state index is -3.87. The van der Waals surface area contributed by atoms with Crippen molar-refractivity contribution in [1.29, 1.82) is 0 Å². The van der Waals surface area contributed by atoms with Gasteiger partial charge in [-0.05, 0) is 39.0 Å². The molecule has 0 spiro atoms. The van der Waals surface area contributed by atoms with Gasteiger partial charge in [0.15, 0.2) is 11.5 Å². The first-order valence-electron chi connectivity index (χ1n) is 10.8. The van der Waals surface area contributed by atoms with Crippen LogP contribution in [0.4, 0.5) is 24.7 Å². The fourth-order valence-electron chi connectivity index (χ4n) is 3.47. The number of aromatic nitrogens is 2. The molecule has 0 aliphatic rings. The van der Waals surface area contributed by atoms with Crippen LogP contribution in [-0.4, -0.2) is 48.1 Å². The number of aliphatic hydroxyl groups is 1. The van der Waals surface area contributed by atoms with Crippen LogP contribution in [0.1, 0.15) is 30.8 Å². The van der Waals surface area contributed by atoms with E-state index in [1.165, 1.54) is 13.2 Å². The normalized spacial score (nSPS) is 12.1. The molecule has 2 aromatic carbocycles. The van der Waals surface area contributed by atoms with Crippen molar-refractivity contribution in [2.45, 2.75) is 38.8 Å². The van der Waals surface area contributed by atoms with Gasteiger partial charge in [0.2, 0.25) is 0 Å². The van der Waals surface area contributed by atoms with Gasteiger partial charge in [-0.25, -0.2) is 14.4 Å². The standard InChI is InChI=1S/C24H29F3N4O4/c1-13-30-18-11-19(34-5)20(35-7-6-33-4)10-16(18)22(31-13)29-12-14-8-15(28)9-17(21(14)25)24(26,27)23(2,3)32/h8-11,32H,6-7,12,28H2,1-5H3,(H,29,30,31). The first kappa shape index (κ1) is 26.3. The highest BCUT2D eigenvalue weighted by Crippen LogP contribution is 2.41. The number of benzene rings is 2. The van der Waals surface area contributed by atoms with Crippen LogP contribution < -0.4 is 20.5 Å². The van der Waals surface area contributed by atoms with Gasteiger partial charge in [-0.15, -0.1) is 0 Å². The lowest BCUT2D eigenvalue weighted by Gasteiger charge is -2.30. The van der Waals surface area contributed by atoms with E-state index in [0.717, 1.165) is 19.9 Å². The average molecular weight is 495 g/mol. The Hall–Kier alpha value is -3.31. The summed E-state index contributed by atoms with van der Waals surface area (Å²) in [5, 5.41) is 13.4. The van der Waals surface area contributed by atoms with Crippen LogP contribution in [0, 0.1) is 12.7 Å². The molecular formula is C24H29F3N4O4. The van der Waals surface area contributed by atoms with Crippen molar-refractivity contribution in [3.05, 3.63) is 47.0 Å². The summed E-state index contributed by atoms with van der Waals surface area (Å²) in [5.74, 6) is -3.39. The predicted octanol–water partition coefficient (Wildman–Crippen LogP) is 4.17. The molecule has 0 fully saturated rings. The molecule has 0 atom stereocenters. The lowest BCUT2D eigenvalue weighted by Crippen LogP contribution is -2.41. The van der Waals surface area contributed by atoms with Gasteiger partial charge >= 0.3 is 5.92 Å². The third-order valence-corrected chi connectivity index (χ3v) is 5.36. The van der Waals surface area contributed by atoms with Crippen LogP contribution in [0.25, 0.3) is 10.9 Å². The SMILES string of the molecule is COCCOc1cc2c(NCc3cc(N)cc(C(F)(F)C(C)(C)O)c3F)nc(C)nc2cc1OC. The number of alkyl halides is 2. The summed E-state index contributed by atoms with van der Waals surface area (Å²) in [6.45, 7) is 3.93. The molecule has 35 heavy (non-hydrogen) atoms. The van der Waals surface area contributed by atoms with Crippen LogP contribution in [0.15, 0.2) is 24.3 Å². The van der Waals surface area contributed by atoms with Gasteiger partial charge in [0.1, 0.15) is 29.7 Å². The number of ether oxygens (including phenoxy) is 3. The molecule has 0 aliphatic heterocycles. The van der Waals surface area contributed by atoms with Gasteiger partial charge in [-0.1, -0.05) is 0 Å². The van der Waals surface area contributed by atoms with E-state index in [1.807, 2.05) is 0 Å². The quantitative estimate of drug-likeness (QED) is 0.285. The summed E-state index contributed by atoms with van der Waals surface area (Å²) >= 11 is 0. The molecule has 4 N–H and O–H groups in total. The number of methoxy groups -OCH3 is 2. The second-order valence-corrected chi connectivity index (χ2v) is 8.51. The first-order chi connectivity index (χ1) is 16.4. The largest absolute Gasteiger partial charge is 0.493 e. The molecule has 3 aromatic rings. The summed E-state index contributed by atoms with van der Waals surface area (Å²) in [5.41, 5.74) is 2.67. The highest BCUT2D eigenvalue weighted by Gasteiger charge is 2.49. The Morgan fingerprint density at radius 2 is 1.77 bits per heavy atom. The highest BCUT2D eigenvalue weighted by molar-refractivity contribution is 5.91. The van der Waals surface area contributed by atoms with Crippen LogP contribution >= 0.6 is 0 Å². The van der Waals surface area contributed by atoms with Gasteiger partial charge in [0, 0.05) is 36.4 Å². The van der Waals surface area contributed by atoms with Crippen molar-refractivity contribution in [2.75, 3.05) is 38.5 Å². The number of anilines is 2. The molecule has 0 aliphatic carbocycles. The summed E-state index contributed by atoms with van der Waals surface area (Å²) in [6.07, 6.45) is 0. The van der Waals surface area contributed by atoms with Crippen LogP contribution in [0.3, 0.4) is 0 Å².